The monoisotopic (exact) mass is 559 g/mol. The van der Waals surface area contributed by atoms with E-state index in [0.717, 1.165) is 30.7 Å². The maximum absolute atomic E-state index is 14.0. The molecule has 1 aliphatic heterocycles. The standard InChI is InChI=1S/C23H28F2N3O7PS/c24-23(25,36(31,32)33)18-11-9-17(10-12-18)16-20(27-37(34,35)19-6-2-1-3-7-19)22(30)26-13-5-15-28-14-4-8-21(28)29/h1-3,6-7,9-12,20,27H,4-5,8,13-16H2,(H,26,30)(H2,31,32,33). The summed E-state index contributed by atoms with van der Waals surface area (Å²) in [6, 6.07) is 9.99. The van der Waals surface area contributed by atoms with E-state index in [-0.39, 0.29) is 29.3 Å². The molecule has 1 saturated heterocycles. The molecule has 1 unspecified atom stereocenters. The molecule has 3 rings (SSSR count). The second-order valence-corrected chi connectivity index (χ2v) is 12.0. The molecule has 4 N–H and O–H groups in total. The lowest BCUT2D eigenvalue weighted by Crippen LogP contribution is -2.48. The number of nitrogens with one attached hydrogen (secondary N) is 2. The lowest BCUT2D eigenvalue weighted by molar-refractivity contribution is -0.127. The molecule has 1 fully saturated rings. The highest BCUT2D eigenvalue weighted by atomic mass is 32.2. The molecule has 14 heteroatoms. The number of likely N-dealkylation sites (tertiary alicyclic amines) is 1. The van der Waals surface area contributed by atoms with Crippen molar-refractivity contribution in [2.75, 3.05) is 19.6 Å². The van der Waals surface area contributed by atoms with Gasteiger partial charge in [-0.25, -0.2) is 8.42 Å². The third-order valence-corrected chi connectivity index (χ3v) is 8.33. The highest BCUT2D eigenvalue weighted by Gasteiger charge is 2.50. The van der Waals surface area contributed by atoms with Crippen LogP contribution >= 0.6 is 7.60 Å². The smallest absolute Gasteiger partial charge is 0.355 e. The van der Waals surface area contributed by atoms with Crippen LogP contribution in [-0.2, 0) is 36.3 Å². The highest BCUT2D eigenvalue weighted by Crippen LogP contribution is 2.59. The van der Waals surface area contributed by atoms with Gasteiger partial charge in [0.2, 0.25) is 21.8 Å². The van der Waals surface area contributed by atoms with Crippen LogP contribution in [0.2, 0.25) is 0 Å². The Morgan fingerprint density at radius 3 is 2.32 bits per heavy atom. The molecule has 0 aliphatic carbocycles. The van der Waals surface area contributed by atoms with Crippen LogP contribution in [0, 0.1) is 0 Å². The van der Waals surface area contributed by atoms with E-state index in [4.69, 9.17) is 9.79 Å². The summed E-state index contributed by atoms with van der Waals surface area (Å²) in [7, 11) is -9.87. The van der Waals surface area contributed by atoms with Gasteiger partial charge in [0.05, 0.1) is 4.90 Å². The lowest BCUT2D eigenvalue weighted by Gasteiger charge is -2.21. The predicted octanol–water partition coefficient (Wildman–Crippen LogP) is 1.93. The minimum atomic E-state index is -5.75. The van der Waals surface area contributed by atoms with Crippen LogP contribution in [0.3, 0.4) is 0 Å². The number of benzene rings is 2. The molecule has 0 bridgehead atoms. The maximum Gasteiger partial charge on any atom is 0.399 e. The first-order chi connectivity index (χ1) is 17.3. The number of alkyl halides is 2. The molecule has 1 aliphatic rings. The Labute approximate surface area is 213 Å². The fourth-order valence-corrected chi connectivity index (χ4v) is 5.54. The number of carbonyl (C=O) groups excluding carboxylic acids is 2. The van der Waals surface area contributed by atoms with E-state index in [0.29, 0.717) is 25.9 Å². The Kier molecular flexibility index (Phi) is 9.19. The largest absolute Gasteiger partial charge is 0.399 e. The first-order valence-corrected chi connectivity index (χ1v) is 14.6. The van der Waals surface area contributed by atoms with E-state index in [1.54, 1.807) is 11.0 Å². The molecular formula is C23H28F2N3O7PS. The van der Waals surface area contributed by atoms with Gasteiger partial charge in [0, 0.05) is 31.6 Å². The average molecular weight is 560 g/mol. The third kappa shape index (κ3) is 7.42. The second kappa shape index (κ2) is 11.8. The summed E-state index contributed by atoms with van der Waals surface area (Å²) in [6.07, 6.45) is 1.52. The third-order valence-electron chi connectivity index (χ3n) is 5.85. The van der Waals surface area contributed by atoms with Crippen LogP contribution in [0.1, 0.15) is 30.4 Å². The van der Waals surface area contributed by atoms with E-state index < -0.39 is 40.8 Å². The zero-order valence-corrected chi connectivity index (χ0v) is 21.4. The highest BCUT2D eigenvalue weighted by molar-refractivity contribution is 7.89. The van der Waals surface area contributed by atoms with E-state index in [1.165, 1.54) is 24.3 Å². The molecule has 37 heavy (non-hydrogen) atoms. The van der Waals surface area contributed by atoms with Crippen LogP contribution in [0.4, 0.5) is 8.78 Å². The molecule has 2 aromatic carbocycles. The fourth-order valence-electron chi connectivity index (χ4n) is 3.83. The Morgan fingerprint density at radius 2 is 1.76 bits per heavy atom. The summed E-state index contributed by atoms with van der Waals surface area (Å²) in [6.45, 7) is 1.29. The Hall–Kier alpha value is -2.70. The van der Waals surface area contributed by atoms with Gasteiger partial charge in [-0.2, -0.15) is 13.5 Å². The van der Waals surface area contributed by atoms with Gasteiger partial charge < -0.3 is 20.0 Å². The molecule has 0 saturated carbocycles. The SMILES string of the molecule is O=C(NCCCN1CCCC1=O)C(Cc1ccc(C(F)(F)P(=O)(O)O)cc1)NS(=O)(=O)c1ccccc1. The maximum atomic E-state index is 14.0. The van der Waals surface area contributed by atoms with Crippen LogP contribution < -0.4 is 10.0 Å². The van der Waals surface area contributed by atoms with Crippen molar-refractivity contribution in [3.8, 4) is 0 Å². The zero-order chi connectivity index (χ0) is 27.3. The van der Waals surface area contributed by atoms with Crippen molar-refractivity contribution in [2.45, 2.75) is 42.3 Å². The minimum Gasteiger partial charge on any atom is -0.355 e. The van der Waals surface area contributed by atoms with Crippen molar-refractivity contribution < 1.29 is 41.1 Å². The normalized spacial score (nSPS) is 15.6. The van der Waals surface area contributed by atoms with Crippen molar-refractivity contribution in [1.29, 1.82) is 0 Å². The fraction of sp³-hybridized carbons (Fsp3) is 0.391. The Balaban J connectivity index is 1.73. The molecule has 10 nitrogen and oxygen atoms in total. The molecule has 2 amide bonds. The summed E-state index contributed by atoms with van der Waals surface area (Å²) < 4.78 is 67.1. The number of amides is 2. The summed E-state index contributed by atoms with van der Waals surface area (Å²) >= 11 is 0. The summed E-state index contributed by atoms with van der Waals surface area (Å²) in [5.41, 5.74) is -5.02. The first-order valence-electron chi connectivity index (χ1n) is 11.5. The van der Waals surface area contributed by atoms with E-state index >= 15 is 0 Å². The summed E-state index contributed by atoms with van der Waals surface area (Å²) in [4.78, 5) is 44.1. The molecule has 0 spiro atoms. The molecule has 202 valence electrons. The number of nitrogens with zero attached hydrogens (tertiary/aromatic N) is 1. The number of hydrogen-bond acceptors (Lipinski definition) is 5. The molecule has 1 atom stereocenters. The van der Waals surface area contributed by atoms with Gasteiger partial charge in [-0.05, 0) is 37.0 Å². The number of hydrogen-bond donors (Lipinski definition) is 4. The first kappa shape index (κ1) is 28.9. The van der Waals surface area contributed by atoms with Gasteiger partial charge in [-0.15, -0.1) is 0 Å². The van der Waals surface area contributed by atoms with E-state index in [2.05, 4.69) is 10.0 Å². The zero-order valence-electron chi connectivity index (χ0n) is 19.7. The summed E-state index contributed by atoms with van der Waals surface area (Å²) in [5, 5.41) is 2.64. The summed E-state index contributed by atoms with van der Waals surface area (Å²) in [5.74, 6) is -0.607. The van der Waals surface area contributed by atoms with E-state index in [9.17, 15) is 31.4 Å². The van der Waals surface area contributed by atoms with Gasteiger partial charge >= 0.3 is 13.3 Å². The lowest BCUT2D eigenvalue weighted by atomic mass is 10.0. The van der Waals surface area contributed by atoms with Crippen LogP contribution in [0.5, 0.6) is 0 Å². The topological polar surface area (TPSA) is 153 Å². The van der Waals surface area contributed by atoms with Crippen molar-refractivity contribution >= 4 is 29.4 Å². The Morgan fingerprint density at radius 1 is 1.11 bits per heavy atom. The van der Waals surface area contributed by atoms with Crippen molar-refractivity contribution in [1.82, 2.24) is 14.9 Å². The number of halogens is 2. The second-order valence-electron chi connectivity index (χ2n) is 8.60. The van der Waals surface area contributed by atoms with Crippen molar-refractivity contribution in [3.63, 3.8) is 0 Å². The predicted molar refractivity (Wildman–Crippen MR) is 130 cm³/mol. The van der Waals surface area contributed by atoms with Crippen molar-refractivity contribution in [2.24, 2.45) is 0 Å². The van der Waals surface area contributed by atoms with Crippen LogP contribution in [0.15, 0.2) is 59.5 Å². The quantitative estimate of drug-likeness (QED) is 0.229. The van der Waals surface area contributed by atoms with Gasteiger partial charge in [0.15, 0.2) is 0 Å². The Bertz CT molecular complexity index is 1250. The molecule has 0 radical (unpaired) electrons. The van der Waals surface area contributed by atoms with Gasteiger partial charge in [-0.3, -0.25) is 14.2 Å². The molecular weight excluding hydrogens is 531 g/mol. The van der Waals surface area contributed by atoms with Gasteiger partial charge in [-0.1, -0.05) is 42.5 Å². The molecule has 0 aromatic heterocycles. The molecule has 2 aromatic rings. The number of sulfonamides is 1. The van der Waals surface area contributed by atoms with Crippen LogP contribution in [0.25, 0.3) is 0 Å². The van der Waals surface area contributed by atoms with Gasteiger partial charge in [0.1, 0.15) is 6.04 Å². The van der Waals surface area contributed by atoms with Crippen LogP contribution in [-0.4, -0.2) is 60.6 Å². The van der Waals surface area contributed by atoms with E-state index in [1.807, 2.05) is 0 Å². The average Bonchev–Trinajstić information content (AvgIpc) is 3.26. The van der Waals surface area contributed by atoms with Crippen molar-refractivity contribution in [3.05, 3.63) is 65.7 Å². The van der Waals surface area contributed by atoms with Gasteiger partial charge in [0.25, 0.3) is 0 Å². The molecule has 1 heterocycles. The number of rotatable bonds is 12. The minimum absolute atomic E-state index is 0.0487. The number of carbonyl (C=O) groups is 2.